The Morgan fingerprint density at radius 1 is 0.500 bits per heavy atom. The number of phosphoric acid groups is 1. The van der Waals surface area contributed by atoms with E-state index in [1.165, 1.54) is 128 Å². The summed E-state index contributed by atoms with van der Waals surface area (Å²) in [6.07, 6.45) is 44.6. The first-order valence-electron chi connectivity index (χ1n) is 21.6. The van der Waals surface area contributed by atoms with Crippen LogP contribution in [0.25, 0.3) is 0 Å². The Morgan fingerprint density at radius 3 is 1.31 bits per heavy atom. The van der Waals surface area contributed by atoms with Crippen LogP contribution in [0, 0.1) is 0 Å². The van der Waals surface area contributed by atoms with E-state index in [1.807, 2.05) is 0 Å². The van der Waals surface area contributed by atoms with Crippen LogP contribution < -0.4 is 0 Å². The van der Waals surface area contributed by atoms with Gasteiger partial charge in [-0.05, 0) is 44.9 Å². The van der Waals surface area contributed by atoms with Crippen molar-refractivity contribution in [3.8, 4) is 0 Å². The smallest absolute Gasteiger partial charge is 0.462 e. The number of esters is 2. The first-order chi connectivity index (χ1) is 25.3. The van der Waals surface area contributed by atoms with Crippen molar-refractivity contribution in [3.05, 3.63) is 24.3 Å². The fourth-order valence-electron chi connectivity index (χ4n) is 6.23. The number of ether oxygens (including phenoxy) is 2. The molecule has 0 heterocycles. The molecule has 0 aromatic carbocycles. The average molecular weight is 757 g/mol. The lowest BCUT2D eigenvalue weighted by Crippen LogP contribution is -2.29. The largest absolute Gasteiger partial charge is 0.469 e. The molecule has 0 aliphatic heterocycles. The molecule has 0 aliphatic carbocycles. The second-order valence-corrected chi connectivity index (χ2v) is 15.9. The third-order valence-electron chi connectivity index (χ3n) is 9.47. The van der Waals surface area contributed by atoms with E-state index >= 15 is 0 Å². The standard InChI is InChI=1S/C43H81O8P/c1-3-5-7-9-11-13-15-17-19-21-23-25-27-29-31-33-35-37-42(44)49-39-41(40-50-52(46,47)48)51-43(45)38-36-34-32-30-28-26-24-22-20-18-16-14-12-10-8-6-4-2/h11,13,17,19,41H,3-10,12,14-16,18,20-40H2,1-2H3,(H2,46,47,48)/b13-11+,19-17+/t41-/m1/s1. The van der Waals surface area contributed by atoms with E-state index in [2.05, 4.69) is 42.7 Å². The van der Waals surface area contributed by atoms with Gasteiger partial charge < -0.3 is 19.3 Å². The highest BCUT2D eigenvalue weighted by Crippen LogP contribution is 2.36. The molecule has 0 aromatic rings. The van der Waals surface area contributed by atoms with Crippen LogP contribution in [-0.4, -0.2) is 41.0 Å². The molecule has 9 heteroatoms. The Morgan fingerprint density at radius 2 is 0.865 bits per heavy atom. The topological polar surface area (TPSA) is 119 Å². The lowest BCUT2D eigenvalue weighted by molar-refractivity contribution is -0.161. The summed E-state index contributed by atoms with van der Waals surface area (Å²) < 4.78 is 26.4. The number of hydrogen-bond donors (Lipinski definition) is 2. The lowest BCUT2D eigenvalue weighted by atomic mass is 10.0. The molecular formula is C43H81O8P. The van der Waals surface area contributed by atoms with Crippen LogP contribution in [-0.2, 0) is 28.2 Å². The highest BCUT2D eigenvalue weighted by molar-refractivity contribution is 7.46. The van der Waals surface area contributed by atoms with Gasteiger partial charge in [0.05, 0.1) is 6.61 Å². The Hall–Kier alpha value is -1.47. The molecule has 306 valence electrons. The molecule has 0 amide bonds. The van der Waals surface area contributed by atoms with Gasteiger partial charge in [0.25, 0.3) is 0 Å². The summed E-state index contributed by atoms with van der Waals surface area (Å²) >= 11 is 0. The van der Waals surface area contributed by atoms with Crippen molar-refractivity contribution >= 4 is 19.8 Å². The molecule has 2 N–H and O–H groups in total. The van der Waals surface area contributed by atoms with E-state index in [9.17, 15) is 14.2 Å². The number of allylic oxidation sites excluding steroid dienone is 4. The molecule has 0 rings (SSSR count). The zero-order valence-electron chi connectivity index (χ0n) is 33.7. The number of hydrogen-bond acceptors (Lipinski definition) is 6. The van der Waals surface area contributed by atoms with Crippen LogP contribution in [0.3, 0.4) is 0 Å². The number of phosphoric ester groups is 1. The van der Waals surface area contributed by atoms with E-state index in [0.717, 1.165) is 57.8 Å². The lowest BCUT2D eigenvalue weighted by Gasteiger charge is -2.18. The van der Waals surface area contributed by atoms with Gasteiger partial charge in [-0.3, -0.25) is 14.1 Å². The summed E-state index contributed by atoms with van der Waals surface area (Å²) in [6, 6.07) is 0. The molecule has 8 nitrogen and oxygen atoms in total. The molecule has 52 heavy (non-hydrogen) atoms. The Kier molecular flexibility index (Phi) is 38.1. The molecule has 0 saturated heterocycles. The van der Waals surface area contributed by atoms with E-state index < -0.39 is 32.5 Å². The minimum absolute atomic E-state index is 0.215. The zero-order valence-corrected chi connectivity index (χ0v) is 34.6. The Balaban J connectivity index is 3.89. The predicted molar refractivity (Wildman–Crippen MR) is 216 cm³/mol. The molecule has 0 fully saturated rings. The minimum atomic E-state index is -4.75. The molecule has 1 atom stereocenters. The molecule has 0 saturated carbocycles. The number of rotatable bonds is 40. The Bertz CT molecular complexity index is 900. The predicted octanol–water partition coefficient (Wildman–Crippen LogP) is 13.2. The molecule has 0 unspecified atom stereocenters. The van der Waals surface area contributed by atoms with Crippen molar-refractivity contribution < 1.29 is 37.9 Å². The highest BCUT2D eigenvalue weighted by Gasteiger charge is 2.22. The van der Waals surface area contributed by atoms with Crippen LogP contribution in [0.4, 0.5) is 0 Å². The summed E-state index contributed by atoms with van der Waals surface area (Å²) in [7, 11) is -4.75. The van der Waals surface area contributed by atoms with Crippen molar-refractivity contribution in [2.45, 2.75) is 225 Å². The van der Waals surface area contributed by atoms with Crippen molar-refractivity contribution in [2.75, 3.05) is 13.2 Å². The van der Waals surface area contributed by atoms with Gasteiger partial charge in [0.1, 0.15) is 6.61 Å². The summed E-state index contributed by atoms with van der Waals surface area (Å²) in [5.74, 6) is -0.884. The number of carbonyl (C=O) groups is 2. The van der Waals surface area contributed by atoms with Gasteiger partial charge in [-0.15, -0.1) is 0 Å². The fraction of sp³-hybridized carbons (Fsp3) is 0.860. The summed E-state index contributed by atoms with van der Waals surface area (Å²) in [4.78, 5) is 42.9. The van der Waals surface area contributed by atoms with Crippen LogP contribution in [0.2, 0.25) is 0 Å². The van der Waals surface area contributed by atoms with Crippen LogP contribution in [0.15, 0.2) is 24.3 Å². The summed E-state index contributed by atoms with van der Waals surface area (Å²) in [5, 5.41) is 0. The van der Waals surface area contributed by atoms with Crippen molar-refractivity contribution in [2.24, 2.45) is 0 Å². The normalized spacial score (nSPS) is 12.6. The maximum atomic E-state index is 12.4. The zero-order chi connectivity index (χ0) is 38.2. The monoisotopic (exact) mass is 757 g/mol. The maximum absolute atomic E-state index is 12.4. The van der Waals surface area contributed by atoms with Crippen LogP contribution in [0.5, 0.6) is 0 Å². The van der Waals surface area contributed by atoms with E-state index in [-0.39, 0.29) is 19.4 Å². The summed E-state index contributed by atoms with van der Waals surface area (Å²) in [6.45, 7) is 3.68. The van der Waals surface area contributed by atoms with Gasteiger partial charge >= 0.3 is 19.8 Å². The molecule has 0 radical (unpaired) electrons. The highest BCUT2D eigenvalue weighted by atomic mass is 31.2. The van der Waals surface area contributed by atoms with Crippen molar-refractivity contribution in [3.63, 3.8) is 0 Å². The molecule has 0 aliphatic rings. The van der Waals surface area contributed by atoms with Gasteiger partial charge in [-0.25, -0.2) is 4.57 Å². The molecular weight excluding hydrogens is 675 g/mol. The number of carbonyl (C=O) groups excluding carboxylic acids is 2. The fourth-order valence-corrected chi connectivity index (χ4v) is 6.59. The van der Waals surface area contributed by atoms with Crippen LogP contribution in [0.1, 0.15) is 219 Å². The second-order valence-electron chi connectivity index (χ2n) is 14.7. The Labute approximate surface area is 319 Å². The molecule has 0 aromatic heterocycles. The van der Waals surface area contributed by atoms with Gasteiger partial charge in [0, 0.05) is 12.8 Å². The van der Waals surface area contributed by atoms with Gasteiger partial charge in [-0.2, -0.15) is 0 Å². The third-order valence-corrected chi connectivity index (χ3v) is 9.96. The first kappa shape index (κ1) is 50.5. The maximum Gasteiger partial charge on any atom is 0.469 e. The second kappa shape index (κ2) is 39.2. The number of unbranched alkanes of at least 4 members (excludes halogenated alkanes) is 26. The van der Waals surface area contributed by atoms with E-state index in [4.69, 9.17) is 19.3 Å². The molecule has 0 spiro atoms. The quantitative estimate of drug-likeness (QED) is 0.0274. The minimum Gasteiger partial charge on any atom is -0.462 e. The van der Waals surface area contributed by atoms with Gasteiger partial charge in [0.2, 0.25) is 0 Å². The van der Waals surface area contributed by atoms with Gasteiger partial charge in [0.15, 0.2) is 6.10 Å². The van der Waals surface area contributed by atoms with E-state index in [0.29, 0.717) is 6.42 Å². The van der Waals surface area contributed by atoms with E-state index in [1.54, 1.807) is 0 Å². The van der Waals surface area contributed by atoms with Crippen molar-refractivity contribution in [1.29, 1.82) is 0 Å². The van der Waals surface area contributed by atoms with Crippen molar-refractivity contribution in [1.82, 2.24) is 0 Å². The molecule has 0 bridgehead atoms. The van der Waals surface area contributed by atoms with Gasteiger partial charge in [-0.1, -0.05) is 186 Å². The first-order valence-corrected chi connectivity index (χ1v) is 23.2. The summed E-state index contributed by atoms with van der Waals surface area (Å²) in [5.41, 5.74) is 0. The SMILES string of the molecule is CCCCC/C=C/C/C=C/CCCCCCCCCC(=O)OC[C@H](COP(=O)(O)O)OC(=O)CCCCCCCCCCCCCCCCCCC. The average Bonchev–Trinajstić information content (AvgIpc) is 3.11. The van der Waals surface area contributed by atoms with Crippen LogP contribution >= 0.6 is 7.82 Å². The third kappa shape index (κ3) is 41.3.